The molecule has 0 saturated heterocycles. The molecular weight excluding hydrogens is 270 g/mol. The monoisotopic (exact) mass is 283 g/mol. The van der Waals surface area contributed by atoms with Crippen LogP contribution in [0.3, 0.4) is 0 Å². The second kappa shape index (κ2) is 5.26. The van der Waals surface area contributed by atoms with E-state index in [9.17, 15) is 5.11 Å². The molecule has 1 N–H and O–H groups in total. The van der Waals surface area contributed by atoms with Crippen molar-refractivity contribution in [1.82, 2.24) is 4.98 Å². The highest BCUT2D eigenvalue weighted by Gasteiger charge is 2.18. The van der Waals surface area contributed by atoms with Crippen molar-refractivity contribution < 1.29 is 9.84 Å². The first kappa shape index (κ1) is 13.3. The zero-order chi connectivity index (χ0) is 13.3. The molecule has 1 unspecified atom stereocenters. The number of rotatable bonds is 3. The third-order valence-corrected chi connectivity index (χ3v) is 4.12. The van der Waals surface area contributed by atoms with E-state index in [1.54, 1.807) is 25.3 Å². The lowest BCUT2D eigenvalue weighted by molar-refractivity contribution is 0.222. The quantitative estimate of drug-likeness (QED) is 0.937. The van der Waals surface area contributed by atoms with E-state index in [2.05, 4.69) is 4.98 Å². The SMILES string of the molecule is COc1cc(C(O)c2sc(C)nc2C)ccc1Cl. The highest BCUT2D eigenvalue weighted by Crippen LogP contribution is 2.33. The van der Waals surface area contributed by atoms with Crippen LogP contribution in [0.5, 0.6) is 5.75 Å². The van der Waals surface area contributed by atoms with Crippen molar-refractivity contribution >= 4 is 22.9 Å². The maximum atomic E-state index is 10.4. The molecule has 0 bridgehead atoms. The minimum Gasteiger partial charge on any atom is -0.495 e. The van der Waals surface area contributed by atoms with Gasteiger partial charge in [-0.2, -0.15) is 0 Å². The Labute approximate surface area is 115 Å². The third-order valence-electron chi connectivity index (χ3n) is 2.68. The number of thiazole rings is 1. The van der Waals surface area contributed by atoms with E-state index in [1.807, 2.05) is 13.8 Å². The molecule has 3 nitrogen and oxygen atoms in total. The van der Waals surface area contributed by atoms with Crippen LogP contribution < -0.4 is 4.74 Å². The number of aliphatic hydroxyl groups excluding tert-OH is 1. The van der Waals surface area contributed by atoms with Gasteiger partial charge in [-0.15, -0.1) is 11.3 Å². The molecule has 0 aliphatic heterocycles. The van der Waals surface area contributed by atoms with Crippen molar-refractivity contribution in [2.24, 2.45) is 0 Å². The molecule has 0 aliphatic rings. The van der Waals surface area contributed by atoms with E-state index < -0.39 is 6.10 Å². The number of aryl methyl sites for hydroxylation is 2. The van der Waals surface area contributed by atoms with Gasteiger partial charge >= 0.3 is 0 Å². The number of hydrogen-bond donors (Lipinski definition) is 1. The Balaban J connectivity index is 2.39. The molecule has 0 saturated carbocycles. The smallest absolute Gasteiger partial charge is 0.137 e. The van der Waals surface area contributed by atoms with Gasteiger partial charge in [0.2, 0.25) is 0 Å². The summed E-state index contributed by atoms with van der Waals surface area (Å²) in [6.45, 7) is 3.82. The van der Waals surface area contributed by atoms with E-state index in [0.717, 1.165) is 21.1 Å². The van der Waals surface area contributed by atoms with E-state index >= 15 is 0 Å². The first-order valence-electron chi connectivity index (χ1n) is 5.48. The standard InChI is InChI=1S/C13H14ClNO2S/c1-7-13(18-8(2)15-7)12(16)9-4-5-10(14)11(6-9)17-3/h4-6,12,16H,1-3H3. The Kier molecular flexibility index (Phi) is 3.90. The molecule has 96 valence electrons. The number of aliphatic hydroxyl groups is 1. The van der Waals surface area contributed by atoms with Crippen LogP contribution in [0.25, 0.3) is 0 Å². The van der Waals surface area contributed by atoms with Gasteiger partial charge in [0.1, 0.15) is 11.9 Å². The van der Waals surface area contributed by atoms with Crippen molar-refractivity contribution in [1.29, 1.82) is 0 Å². The van der Waals surface area contributed by atoms with E-state index in [-0.39, 0.29) is 0 Å². The Hall–Kier alpha value is -1.10. The van der Waals surface area contributed by atoms with Crippen molar-refractivity contribution in [3.63, 3.8) is 0 Å². The lowest BCUT2D eigenvalue weighted by atomic mass is 10.1. The Morgan fingerprint density at radius 1 is 1.39 bits per heavy atom. The van der Waals surface area contributed by atoms with Gasteiger partial charge in [0.15, 0.2) is 0 Å². The van der Waals surface area contributed by atoms with Gasteiger partial charge in [0.05, 0.1) is 27.7 Å². The zero-order valence-electron chi connectivity index (χ0n) is 10.4. The second-order valence-electron chi connectivity index (χ2n) is 3.98. The van der Waals surface area contributed by atoms with Crippen LogP contribution in [-0.2, 0) is 0 Å². The minimum absolute atomic E-state index is 0.533. The summed E-state index contributed by atoms with van der Waals surface area (Å²) in [6.07, 6.45) is -0.692. The van der Waals surface area contributed by atoms with E-state index in [4.69, 9.17) is 16.3 Å². The van der Waals surface area contributed by atoms with Crippen LogP contribution in [0.1, 0.15) is 27.2 Å². The number of nitrogens with zero attached hydrogens (tertiary/aromatic N) is 1. The molecule has 0 radical (unpaired) electrons. The fourth-order valence-corrected chi connectivity index (χ4v) is 2.94. The zero-order valence-corrected chi connectivity index (χ0v) is 12.0. The van der Waals surface area contributed by atoms with Crippen molar-refractivity contribution in [2.75, 3.05) is 7.11 Å². The minimum atomic E-state index is -0.692. The average molecular weight is 284 g/mol. The number of benzene rings is 1. The summed E-state index contributed by atoms with van der Waals surface area (Å²) >= 11 is 7.47. The molecule has 2 aromatic rings. The molecule has 0 aliphatic carbocycles. The summed E-state index contributed by atoms with van der Waals surface area (Å²) in [7, 11) is 1.56. The lowest BCUT2D eigenvalue weighted by Gasteiger charge is -2.12. The van der Waals surface area contributed by atoms with Crippen LogP contribution in [-0.4, -0.2) is 17.2 Å². The van der Waals surface area contributed by atoms with Gasteiger partial charge in [0.25, 0.3) is 0 Å². The first-order chi connectivity index (χ1) is 8.52. The van der Waals surface area contributed by atoms with Gasteiger partial charge in [-0.25, -0.2) is 4.98 Å². The maximum absolute atomic E-state index is 10.4. The average Bonchev–Trinajstić information content (AvgIpc) is 2.68. The van der Waals surface area contributed by atoms with Gasteiger partial charge in [0, 0.05) is 0 Å². The summed E-state index contributed by atoms with van der Waals surface area (Å²) in [5.41, 5.74) is 1.61. The number of methoxy groups -OCH3 is 1. The van der Waals surface area contributed by atoms with Gasteiger partial charge < -0.3 is 9.84 Å². The molecule has 2 rings (SSSR count). The number of aromatic nitrogens is 1. The van der Waals surface area contributed by atoms with Gasteiger partial charge in [-0.3, -0.25) is 0 Å². The Bertz CT molecular complexity index is 568. The summed E-state index contributed by atoms with van der Waals surface area (Å²) in [5, 5.41) is 11.8. The fourth-order valence-electron chi connectivity index (χ4n) is 1.80. The molecule has 0 fully saturated rings. The molecule has 1 heterocycles. The van der Waals surface area contributed by atoms with Crippen LogP contribution in [0, 0.1) is 13.8 Å². The topological polar surface area (TPSA) is 42.4 Å². The first-order valence-corrected chi connectivity index (χ1v) is 6.67. The predicted octanol–water partition coefficient (Wildman–Crippen LogP) is 3.50. The normalized spacial score (nSPS) is 12.5. The lowest BCUT2D eigenvalue weighted by Crippen LogP contribution is -2.00. The Morgan fingerprint density at radius 3 is 2.67 bits per heavy atom. The molecule has 1 aromatic heterocycles. The molecular formula is C13H14ClNO2S. The van der Waals surface area contributed by atoms with E-state index in [0.29, 0.717) is 10.8 Å². The molecule has 1 atom stereocenters. The third kappa shape index (κ3) is 2.51. The number of hydrogen-bond acceptors (Lipinski definition) is 4. The van der Waals surface area contributed by atoms with Gasteiger partial charge in [-0.05, 0) is 31.5 Å². The number of ether oxygens (including phenoxy) is 1. The summed E-state index contributed by atoms with van der Waals surface area (Å²) in [6, 6.07) is 5.27. The van der Waals surface area contributed by atoms with Crippen molar-refractivity contribution in [3.8, 4) is 5.75 Å². The molecule has 0 amide bonds. The second-order valence-corrected chi connectivity index (χ2v) is 5.62. The van der Waals surface area contributed by atoms with Crippen LogP contribution in [0.4, 0.5) is 0 Å². The van der Waals surface area contributed by atoms with Crippen LogP contribution >= 0.6 is 22.9 Å². The molecule has 5 heteroatoms. The molecule has 1 aromatic carbocycles. The number of halogens is 1. The summed E-state index contributed by atoms with van der Waals surface area (Å²) in [5.74, 6) is 0.562. The summed E-state index contributed by atoms with van der Waals surface area (Å²) in [4.78, 5) is 5.18. The molecule has 18 heavy (non-hydrogen) atoms. The van der Waals surface area contributed by atoms with Crippen molar-refractivity contribution in [2.45, 2.75) is 20.0 Å². The summed E-state index contributed by atoms with van der Waals surface area (Å²) < 4.78 is 5.15. The molecule has 0 spiro atoms. The van der Waals surface area contributed by atoms with Gasteiger partial charge in [-0.1, -0.05) is 17.7 Å². The van der Waals surface area contributed by atoms with Crippen LogP contribution in [0.15, 0.2) is 18.2 Å². The fraction of sp³-hybridized carbons (Fsp3) is 0.308. The van der Waals surface area contributed by atoms with Crippen molar-refractivity contribution in [3.05, 3.63) is 44.4 Å². The highest BCUT2D eigenvalue weighted by molar-refractivity contribution is 7.11. The largest absolute Gasteiger partial charge is 0.495 e. The maximum Gasteiger partial charge on any atom is 0.137 e. The predicted molar refractivity (Wildman–Crippen MR) is 73.7 cm³/mol. The Morgan fingerprint density at radius 2 is 2.11 bits per heavy atom. The van der Waals surface area contributed by atoms with Crippen LogP contribution in [0.2, 0.25) is 5.02 Å². The van der Waals surface area contributed by atoms with E-state index in [1.165, 1.54) is 11.3 Å². The highest BCUT2D eigenvalue weighted by atomic mass is 35.5.